The van der Waals surface area contributed by atoms with E-state index in [1.54, 1.807) is 7.11 Å². The highest BCUT2D eigenvalue weighted by molar-refractivity contribution is 7.46. The van der Waals surface area contributed by atoms with Gasteiger partial charge in [-0.3, -0.25) is 13.8 Å². The van der Waals surface area contributed by atoms with Gasteiger partial charge in [0.2, 0.25) is 5.91 Å². The first-order valence-electron chi connectivity index (χ1n) is 36.0. The monoisotopic (exact) mass is 1310 g/mol. The second-order valence-electron chi connectivity index (χ2n) is 25.4. The molecule has 0 radical (unpaired) electrons. The molecule has 0 aromatic carbocycles. The smallest absolute Gasteiger partial charge is 0.387 e. The molecule has 0 unspecified atom stereocenters. The van der Waals surface area contributed by atoms with Gasteiger partial charge in [0, 0.05) is 40.5 Å². The second-order valence-corrected chi connectivity index (χ2v) is 27.8. The molecule has 2 rings (SSSR count). The summed E-state index contributed by atoms with van der Waals surface area (Å²) in [5.41, 5.74) is 0. The third-order valence-corrected chi connectivity index (χ3v) is 18.3. The maximum atomic E-state index is 14.1. The number of nitrogens with one attached hydrogen (secondary N) is 1. The van der Waals surface area contributed by atoms with Crippen molar-refractivity contribution < 1.29 is 85.5 Å². The number of allylic oxidation sites excluding steroid dienone is 2. The van der Waals surface area contributed by atoms with E-state index in [9.17, 15) is 38.6 Å². The Hall–Kier alpha value is -0.930. The number of hydrogen-bond donors (Lipinski definition) is 6. The number of unbranched alkanes of at least 4 members (excludes halogenated alkanes) is 35. The predicted molar refractivity (Wildman–Crippen MR) is 354 cm³/mol. The summed E-state index contributed by atoms with van der Waals surface area (Å²) in [5, 5.41) is 15.3. The minimum atomic E-state index is -5.23. The zero-order chi connectivity index (χ0) is 65.1. The van der Waals surface area contributed by atoms with Gasteiger partial charge in [-0.1, -0.05) is 252 Å². The van der Waals surface area contributed by atoms with Gasteiger partial charge in [-0.15, -0.1) is 0 Å². The Morgan fingerprint density at radius 1 is 0.449 bits per heavy atom. The number of methoxy groups -OCH3 is 2. The average molecular weight is 1310 g/mol. The van der Waals surface area contributed by atoms with Crippen molar-refractivity contribution in [1.82, 2.24) is 5.32 Å². The lowest BCUT2D eigenvalue weighted by Gasteiger charge is -2.47. The summed E-state index contributed by atoms with van der Waals surface area (Å²) in [6.07, 6.45) is 37.8. The van der Waals surface area contributed by atoms with Crippen molar-refractivity contribution in [1.29, 1.82) is 0 Å². The molecule has 1 amide bonds. The Morgan fingerprint density at radius 2 is 0.865 bits per heavy atom. The third kappa shape index (κ3) is 43.0. The Kier molecular flexibility index (Phi) is 52.2. The molecule has 89 heavy (non-hydrogen) atoms. The van der Waals surface area contributed by atoms with Gasteiger partial charge in [0.1, 0.15) is 48.8 Å². The molecule has 19 nitrogen and oxygen atoms in total. The number of rotatable bonds is 62. The van der Waals surface area contributed by atoms with Crippen molar-refractivity contribution >= 4 is 21.6 Å². The van der Waals surface area contributed by atoms with Gasteiger partial charge >= 0.3 is 15.6 Å². The molecular formula is C68H133NO18P2. The van der Waals surface area contributed by atoms with Crippen LogP contribution in [0, 0.1) is 0 Å². The number of hydrogen-bond acceptors (Lipinski definition) is 14. The molecule has 6 N–H and O–H groups in total. The number of aliphatic hydroxyl groups excluding tert-OH is 1. The zero-order valence-electron chi connectivity index (χ0n) is 56.9. The number of amides is 1. The molecule has 0 aromatic rings. The number of phosphoric acid groups is 2. The molecule has 2 fully saturated rings. The van der Waals surface area contributed by atoms with Crippen LogP contribution < -0.4 is 5.32 Å². The van der Waals surface area contributed by atoms with Gasteiger partial charge in [0.15, 0.2) is 12.6 Å². The third-order valence-electron chi connectivity index (χ3n) is 17.3. The Labute approximate surface area is 540 Å². The summed E-state index contributed by atoms with van der Waals surface area (Å²) >= 11 is 0. The normalized spacial score (nSPS) is 23.0. The number of carbonyl (C=O) groups excluding carboxylic acids is 1. The van der Waals surface area contributed by atoms with Gasteiger partial charge < -0.3 is 67.9 Å². The number of carbonyl (C=O) groups is 1. The summed E-state index contributed by atoms with van der Waals surface area (Å²) in [6, 6.07) is -1.24. The van der Waals surface area contributed by atoms with E-state index in [0.717, 1.165) is 128 Å². The molecule has 11 atom stereocenters. The van der Waals surface area contributed by atoms with Crippen molar-refractivity contribution in [3.63, 3.8) is 0 Å². The molecule has 0 saturated carbocycles. The standard InChI is InChI=1S/C68H133NO18P2/c1-7-11-15-19-22-25-28-30-31-32-33-35-38-42-46-50-60(70)69-61-64(82-54-51-57(79-6)49-45-41-18-14-10-4)63(86-88(72,73)74)59(55-78-5)85-67(61)83-56-58-62(71)65(80-52-47-43-39-36-27-24-21-17-13-9-3)66(68(84-58)87-89(75,76)77)81-53-48-44-40-37-34-29-26-23-20-16-12-8-2/h25,28,57-59,61-68,71H,7-24,26-27,29-56H2,1-6H3,(H,69,70)(H2,72,73,74)(H2,75,76,77)/b28-25-/t57-,58-,59-,61-,62-,63-,64-,65+,66-,67-,68+/m1/s1. The van der Waals surface area contributed by atoms with Crippen LogP contribution in [0.4, 0.5) is 0 Å². The van der Waals surface area contributed by atoms with Crippen molar-refractivity contribution in [2.45, 2.75) is 371 Å². The van der Waals surface area contributed by atoms with Crippen molar-refractivity contribution in [3.8, 4) is 0 Å². The lowest BCUT2D eigenvalue weighted by Crippen LogP contribution is -2.67. The molecular weight excluding hydrogens is 1180 g/mol. The minimum absolute atomic E-state index is 0.0534. The van der Waals surface area contributed by atoms with E-state index in [0.29, 0.717) is 25.7 Å². The maximum absolute atomic E-state index is 14.1. The van der Waals surface area contributed by atoms with Crippen LogP contribution in [0.1, 0.15) is 304 Å². The highest BCUT2D eigenvalue weighted by Crippen LogP contribution is 2.44. The number of ether oxygens (including phenoxy) is 8. The van der Waals surface area contributed by atoms with Crippen molar-refractivity contribution in [2.24, 2.45) is 0 Å². The van der Waals surface area contributed by atoms with Gasteiger partial charge in [-0.05, 0) is 57.8 Å². The van der Waals surface area contributed by atoms with Gasteiger partial charge in [0.25, 0.3) is 0 Å². The van der Waals surface area contributed by atoms with Crippen LogP contribution in [0.5, 0.6) is 0 Å². The minimum Gasteiger partial charge on any atom is -0.387 e. The molecule has 2 aliphatic rings. The summed E-state index contributed by atoms with van der Waals surface area (Å²) < 4.78 is 86.3. The highest BCUT2D eigenvalue weighted by Gasteiger charge is 2.53. The summed E-state index contributed by atoms with van der Waals surface area (Å²) in [6.45, 7) is 8.61. The van der Waals surface area contributed by atoms with Gasteiger partial charge in [-0.2, -0.15) is 0 Å². The van der Waals surface area contributed by atoms with Crippen LogP contribution >= 0.6 is 15.6 Å². The predicted octanol–water partition coefficient (Wildman–Crippen LogP) is 16.1. The Bertz CT molecular complexity index is 1760. The van der Waals surface area contributed by atoms with E-state index >= 15 is 0 Å². The largest absolute Gasteiger partial charge is 0.472 e. The molecule has 0 aliphatic carbocycles. The van der Waals surface area contributed by atoms with Gasteiger partial charge in [0.05, 0.1) is 19.3 Å². The first-order chi connectivity index (χ1) is 43.1. The Morgan fingerprint density at radius 3 is 1.34 bits per heavy atom. The summed E-state index contributed by atoms with van der Waals surface area (Å²) in [4.78, 5) is 55.4. The Balaban J connectivity index is 2.39. The van der Waals surface area contributed by atoms with E-state index in [-0.39, 0.29) is 44.9 Å². The van der Waals surface area contributed by atoms with E-state index in [1.165, 1.54) is 123 Å². The summed E-state index contributed by atoms with van der Waals surface area (Å²) in [5.74, 6) is -0.373. The SMILES string of the molecule is CCCCCC/C=C\CCCCCCCCCC(=O)N[C@H]1[C@H](OC[C@H]2O[C@@H](OP(=O)(O)O)[C@H](OCCCCCCCCCCCCCC)[C@@H](OCCCCCCCCCCCC)[C@@H]2O)O[C@H](COC)[C@@H](OP(=O)(O)O)[C@@H]1OCC[C@@H](CCCCCCC)OC. The number of phosphoric ester groups is 2. The van der Waals surface area contributed by atoms with Crippen molar-refractivity contribution in [2.75, 3.05) is 47.3 Å². The maximum Gasteiger partial charge on any atom is 0.472 e. The quantitative estimate of drug-likeness (QED) is 0.0188. The van der Waals surface area contributed by atoms with E-state index < -0.39 is 83.6 Å². The second kappa shape index (κ2) is 55.2. The van der Waals surface area contributed by atoms with Gasteiger partial charge in [-0.25, -0.2) is 9.13 Å². The molecule has 2 saturated heterocycles. The fourth-order valence-corrected chi connectivity index (χ4v) is 13.1. The zero-order valence-corrected chi connectivity index (χ0v) is 58.7. The molecule has 21 heteroatoms. The fourth-order valence-electron chi connectivity index (χ4n) is 12.1. The van der Waals surface area contributed by atoms with Crippen LogP contribution in [0.15, 0.2) is 12.2 Å². The first kappa shape index (κ1) is 84.2. The average Bonchev–Trinajstić information content (AvgIpc) is 0.992. The van der Waals surface area contributed by atoms with E-state index in [4.69, 9.17) is 46.9 Å². The summed E-state index contributed by atoms with van der Waals surface area (Å²) in [7, 11) is -7.41. The van der Waals surface area contributed by atoms with Crippen LogP contribution in [-0.2, 0) is 60.9 Å². The lowest BCUT2D eigenvalue weighted by molar-refractivity contribution is -0.319. The molecule has 0 spiro atoms. The van der Waals surface area contributed by atoms with Crippen molar-refractivity contribution in [3.05, 3.63) is 12.2 Å². The highest BCUT2D eigenvalue weighted by atomic mass is 31.2. The van der Waals surface area contributed by atoms with Crippen LogP contribution in [-0.4, -0.2) is 145 Å². The lowest BCUT2D eigenvalue weighted by atomic mass is 9.95. The molecule has 0 bridgehead atoms. The molecule has 0 aromatic heterocycles. The fraction of sp³-hybridized carbons (Fsp3) is 0.956. The molecule has 2 aliphatic heterocycles. The molecule has 528 valence electrons. The molecule has 2 heterocycles. The number of aliphatic hydroxyl groups is 1. The van der Waals surface area contributed by atoms with E-state index in [1.807, 2.05) is 0 Å². The van der Waals surface area contributed by atoms with Crippen LogP contribution in [0.2, 0.25) is 0 Å². The van der Waals surface area contributed by atoms with Crippen LogP contribution in [0.3, 0.4) is 0 Å². The van der Waals surface area contributed by atoms with E-state index in [2.05, 4.69) is 45.2 Å². The first-order valence-corrected chi connectivity index (χ1v) is 39.1. The van der Waals surface area contributed by atoms with Crippen LogP contribution in [0.25, 0.3) is 0 Å². The topological polar surface area (TPSA) is 257 Å².